The largest absolute Gasteiger partial charge is 0.469 e. The highest BCUT2D eigenvalue weighted by atomic mass is 35.5. The van der Waals surface area contributed by atoms with Crippen LogP contribution in [0.15, 0.2) is 41.0 Å². The van der Waals surface area contributed by atoms with Crippen molar-refractivity contribution in [1.82, 2.24) is 5.32 Å². The molecule has 90 valence electrons. The molecule has 1 unspecified atom stereocenters. The van der Waals surface area contributed by atoms with E-state index in [2.05, 4.69) is 12.2 Å². The van der Waals surface area contributed by atoms with Gasteiger partial charge < -0.3 is 9.73 Å². The van der Waals surface area contributed by atoms with Gasteiger partial charge in [-0.1, -0.05) is 36.7 Å². The normalized spacial score (nSPS) is 12.6. The van der Waals surface area contributed by atoms with Crippen LogP contribution < -0.4 is 5.32 Å². The van der Waals surface area contributed by atoms with Crippen LogP contribution in [0, 0.1) is 6.92 Å². The third-order valence-corrected chi connectivity index (χ3v) is 3.05. The summed E-state index contributed by atoms with van der Waals surface area (Å²) < 4.78 is 5.37. The lowest BCUT2D eigenvalue weighted by Crippen LogP contribution is -2.21. The summed E-state index contributed by atoms with van der Waals surface area (Å²) in [5.41, 5.74) is 2.19. The molecule has 0 saturated heterocycles. The van der Waals surface area contributed by atoms with Crippen LogP contribution in [0.4, 0.5) is 0 Å². The molecule has 2 aromatic rings. The van der Waals surface area contributed by atoms with E-state index in [4.69, 9.17) is 16.0 Å². The molecule has 0 aliphatic carbocycles. The van der Waals surface area contributed by atoms with E-state index in [9.17, 15) is 0 Å². The Labute approximate surface area is 107 Å². The van der Waals surface area contributed by atoms with Gasteiger partial charge in [0.1, 0.15) is 5.76 Å². The van der Waals surface area contributed by atoms with Crippen LogP contribution in [0.3, 0.4) is 0 Å². The lowest BCUT2D eigenvalue weighted by atomic mass is 10.0. The third kappa shape index (κ3) is 2.71. The zero-order valence-electron chi connectivity index (χ0n) is 10.0. The van der Waals surface area contributed by atoms with Crippen molar-refractivity contribution in [3.63, 3.8) is 0 Å². The van der Waals surface area contributed by atoms with E-state index in [0.29, 0.717) is 0 Å². The van der Waals surface area contributed by atoms with Gasteiger partial charge in [0.2, 0.25) is 0 Å². The van der Waals surface area contributed by atoms with Crippen LogP contribution in [0.25, 0.3) is 0 Å². The summed E-state index contributed by atoms with van der Waals surface area (Å²) in [4.78, 5) is 0. The van der Waals surface area contributed by atoms with Crippen LogP contribution in [-0.2, 0) is 0 Å². The summed E-state index contributed by atoms with van der Waals surface area (Å²) in [5.74, 6) is 0.912. The molecule has 0 radical (unpaired) electrons. The Morgan fingerprint density at radius 2 is 2.12 bits per heavy atom. The summed E-state index contributed by atoms with van der Waals surface area (Å²) in [6.45, 7) is 4.90. The van der Waals surface area contributed by atoms with E-state index in [1.165, 1.54) is 0 Å². The van der Waals surface area contributed by atoms with Gasteiger partial charge in [0.05, 0.1) is 12.3 Å². The second-order valence-corrected chi connectivity index (χ2v) is 4.41. The fourth-order valence-electron chi connectivity index (χ4n) is 1.94. The average Bonchev–Trinajstić information content (AvgIpc) is 2.74. The topological polar surface area (TPSA) is 25.2 Å². The van der Waals surface area contributed by atoms with Gasteiger partial charge in [-0.25, -0.2) is 0 Å². The smallest absolute Gasteiger partial charge is 0.101 e. The predicted octanol–water partition coefficient (Wildman–Crippen LogP) is 3.94. The minimum absolute atomic E-state index is 0.0890. The molecule has 0 bridgehead atoms. The number of nitrogens with one attached hydrogen (secondary N) is 1. The maximum atomic E-state index is 6.24. The molecule has 1 heterocycles. The molecular weight excluding hydrogens is 234 g/mol. The van der Waals surface area contributed by atoms with Crippen molar-refractivity contribution in [2.75, 3.05) is 6.54 Å². The predicted molar refractivity (Wildman–Crippen MR) is 70.4 cm³/mol. The molecule has 1 atom stereocenters. The van der Waals surface area contributed by atoms with Crippen LogP contribution in [0.5, 0.6) is 0 Å². The molecular formula is C14H16ClNO. The number of hydrogen-bond acceptors (Lipinski definition) is 2. The Hall–Kier alpha value is -1.25. The summed E-state index contributed by atoms with van der Waals surface area (Å²) in [5, 5.41) is 4.20. The van der Waals surface area contributed by atoms with Gasteiger partial charge >= 0.3 is 0 Å². The van der Waals surface area contributed by atoms with Crippen LogP contribution in [0.2, 0.25) is 5.02 Å². The van der Waals surface area contributed by atoms with Gasteiger partial charge in [0.25, 0.3) is 0 Å². The third-order valence-electron chi connectivity index (χ3n) is 2.71. The van der Waals surface area contributed by atoms with Crippen molar-refractivity contribution in [2.24, 2.45) is 0 Å². The molecule has 2 rings (SSSR count). The molecule has 17 heavy (non-hydrogen) atoms. The summed E-state index contributed by atoms with van der Waals surface area (Å²) in [7, 11) is 0. The van der Waals surface area contributed by atoms with Crippen molar-refractivity contribution in [1.29, 1.82) is 0 Å². The molecule has 0 fully saturated rings. The quantitative estimate of drug-likeness (QED) is 0.888. The van der Waals surface area contributed by atoms with Gasteiger partial charge in [-0.15, -0.1) is 0 Å². The highest BCUT2D eigenvalue weighted by Crippen LogP contribution is 2.29. The number of aryl methyl sites for hydroxylation is 1. The second kappa shape index (κ2) is 5.39. The summed E-state index contributed by atoms with van der Waals surface area (Å²) in [6, 6.07) is 10.0. The van der Waals surface area contributed by atoms with Gasteiger partial charge in [0, 0.05) is 10.6 Å². The highest BCUT2D eigenvalue weighted by Gasteiger charge is 2.17. The van der Waals surface area contributed by atoms with Crippen LogP contribution in [-0.4, -0.2) is 6.54 Å². The summed E-state index contributed by atoms with van der Waals surface area (Å²) in [6.07, 6.45) is 1.78. The Morgan fingerprint density at radius 1 is 1.35 bits per heavy atom. The van der Waals surface area contributed by atoms with Crippen molar-refractivity contribution in [2.45, 2.75) is 19.9 Å². The standard InChI is InChI=1S/C14H16ClNO/c1-3-16-14(11-8-10(2)17-9-11)12-6-4-5-7-13(12)15/h4-9,14,16H,3H2,1-2H3. The Kier molecular flexibility index (Phi) is 3.87. The van der Waals surface area contributed by atoms with Gasteiger partial charge in [-0.2, -0.15) is 0 Å². The zero-order valence-corrected chi connectivity index (χ0v) is 10.8. The highest BCUT2D eigenvalue weighted by molar-refractivity contribution is 6.31. The number of benzene rings is 1. The monoisotopic (exact) mass is 249 g/mol. The van der Waals surface area contributed by atoms with Gasteiger partial charge in [0.15, 0.2) is 0 Å². The Morgan fingerprint density at radius 3 is 2.71 bits per heavy atom. The fourth-order valence-corrected chi connectivity index (χ4v) is 2.18. The van der Waals surface area contributed by atoms with Crippen molar-refractivity contribution in [3.05, 3.63) is 58.5 Å². The summed E-state index contributed by atoms with van der Waals surface area (Å²) >= 11 is 6.24. The SMILES string of the molecule is CCNC(c1coc(C)c1)c1ccccc1Cl. The van der Waals surface area contributed by atoms with Gasteiger partial charge in [-0.3, -0.25) is 0 Å². The van der Waals surface area contributed by atoms with E-state index in [1.807, 2.05) is 37.3 Å². The average molecular weight is 250 g/mol. The Balaban J connectivity index is 2.39. The van der Waals surface area contributed by atoms with E-state index in [-0.39, 0.29) is 6.04 Å². The molecule has 1 aromatic carbocycles. The van der Waals surface area contributed by atoms with Crippen LogP contribution in [0.1, 0.15) is 29.9 Å². The fraction of sp³-hybridized carbons (Fsp3) is 0.286. The first kappa shape index (κ1) is 12.2. The molecule has 3 heteroatoms. The number of halogens is 1. The molecule has 0 aliphatic heterocycles. The first-order valence-corrected chi connectivity index (χ1v) is 6.13. The van der Waals surface area contributed by atoms with Crippen molar-refractivity contribution >= 4 is 11.6 Å². The van der Waals surface area contributed by atoms with Crippen molar-refractivity contribution in [3.8, 4) is 0 Å². The molecule has 0 saturated carbocycles. The number of hydrogen-bond donors (Lipinski definition) is 1. The van der Waals surface area contributed by atoms with Crippen molar-refractivity contribution < 1.29 is 4.42 Å². The number of rotatable bonds is 4. The number of furan rings is 1. The Bertz CT molecular complexity index is 492. The molecule has 1 aromatic heterocycles. The first-order valence-electron chi connectivity index (χ1n) is 5.75. The molecule has 1 N–H and O–H groups in total. The molecule has 0 spiro atoms. The van der Waals surface area contributed by atoms with E-state index in [0.717, 1.165) is 28.5 Å². The molecule has 0 amide bonds. The lowest BCUT2D eigenvalue weighted by molar-refractivity contribution is 0.525. The van der Waals surface area contributed by atoms with E-state index < -0.39 is 0 Å². The van der Waals surface area contributed by atoms with E-state index >= 15 is 0 Å². The second-order valence-electron chi connectivity index (χ2n) is 4.00. The minimum atomic E-state index is 0.0890. The lowest BCUT2D eigenvalue weighted by Gasteiger charge is -2.18. The maximum absolute atomic E-state index is 6.24. The minimum Gasteiger partial charge on any atom is -0.469 e. The maximum Gasteiger partial charge on any atom is 0.101 e. The first-order chi connectivity index (χ1) is 8.22. The molecule has 0 aliphatic rings. The van der Waals surface area contributed by atoms with E-state index in [1.54, 1.807) is 6.26 Å². The van der Waals surface area contributed by atoms with Crippen LogP contribution >= 0.6 is 11.6 Å². The zero-order chi connectivity index (χ0) is 12.3. The van der Waals surface area contributed by atoms with Gasteiger partial charge in [-0.05, 0) is 31.2 Å². The molecule has 2 nitrogen and oxygen atoms in total.